The predicted octanol–water partition coefficient (Wildman–Crippen LogP) is 4.26. The minimum atomic E-state index is -0.994. The molecule has 0 aliphatic rings. The molecular formula is C25H31N3O3. The molecule has 2 rings (SSSR count). The van der Waals surface area contributed by atoms with Crippen LogP contribution in [0.25, 0.3) is 6.08 Å². The molecule has 0 aliphatic carbocycles. The van der Waals surface area contributed by atoms with Crippen LogP contribution in [0.5, 0.6) is 0 Å². The maximum atomic E-state index is 12.6. The zero-order valence-electron chi connectivity index (χ0n) is 19.2. The topological polar surface area (TPSA) is 75.3 Å². The number of nitrogens with zero attached hydrogens (tertiary/aromatic N) is 3. The van der Waals surface area contributed by atoms with Crippen LogP contribution in [0.3, 0.4) is 0 Å². The lowest BCUT2D eigenvalue weighted by Gasteiger charge is -2.21. The van der Waals surface area contributed by atoms with Crippen molar-refractivity contribution in [2.24, 2.45) is 5.92 Å². The molecular weight excluding hydrogens is 390 g/mol. The molecule has 0 bridgehead atoms. The molecule has 1 unspecified atom stereocenters. The third-order valence-corrected chi connectivity index (χ3v) is 5.07. The molecule has 6 heteroatoms. The third-order valence-electron chi connectivity index (χ3n) is 5.07. The molecule has 1 heterocycles. The van der Waals surface area contributed by atoms with Crippen molar-refractivity contribution in [1.29, 1.82) is 5.26 Å². The van der Waals surface area contributed by atoms with Gasteiger partial charge in [-0.25, -0.2) is 4.79 Å². The van der Waals surface area contributed by atoms with Gasteiger partial charge in [-0.15, -0.1) is 0 Å². The Morgan fingerprint density at radius 1 is 1.19 bits per heavy atom. The molecule has 0 fully saturated rings. The van der Waals surface area contributed by atoms with Crippen molar-refractivity contribution in [3.63, 3.8) is 0 Å². The Labute approximate surface area is 184 Å². The van der Waals surface area contributed by atoms with E-state index in [-0.39, 0.29) is 11.5 Å². The zero-order valence-corrected chi connectivity index (χ0v) is 19.2. The number of hydrogen-bond donors (Lipinski definition) is 0. The molecule has 2 aromatic rings. The second-order valence-electron chi connectivity index (χ2n) is 8.23. The molecule has 1 amide bonds. The molecule has 0 radical (unpaired) electrons. The van der Waals surface area contributed by atoms with Crippen molar-refractivity contribution >= 4 is 18.0 Å². The van der Waals surface area contributed by atoms with Gasteiger partial charge in [0.25, 0.3) is 5.91 Å². The van der Waals surface area contributed by atoms with E-state index in [1.807, 2.05) is 56.3 Å². The Balaban J connectivity index is 2.10. The van der Waals surface area contributed by atoms with Gasteiger partial charge >= 0.3 is 5.97 Å². The average molecular weight is 422 g/mol. The number of carbonyl (C=O) groups is 2. The first-order valence-corrected chi connectivity index (χ1v) is 10.4. The summed E-state index contributed by atoms with van der Waals surface area (Å²) >= 11 is 0. The molecule has 6 nitrogen and oxygen atoms in total. The number of aromatic nitrogens is 1. The van der Waals surface area contributed by atoms with E-state index in [1.165, 1.54) is 17.9 Å². The van der Waals surface area contributed by atoms with Gasteiger partial charge in [0, 0.05) is 31.5 Å². The number of rotatable bonds is 8. The third kappa shape index (κ3) is 6.32. The summed E-state index contributed by atoms with van der Waals surface area (Å²) in [7, 11) is 1.66. The van der Waals surface area contributed by atoms with Crippen LogP contribution in [0.4, 0.5) is 0 Å². The number of ether oxygens (including phenoxy) is 1. The van der Waals surface area contributed by atoms with Crippen LogP contribution in [-0.2, 0) is 27.4 Å². The van der Waals surface area contributed by atoms with Crippen LogP contribution in [0, 0.1) is 31.1 Å². The van der Waals surface area contributed by atoms with E-state index in [2.05, 4.69) is 18.4 Å². The quantitative estimate of drug-likeness (QED) is 0.363. The molecule has 0 saturated heterocycles. The van der Waals surface area contributed by atoms with Gasteiger partial charge in [0.15, 0.2) is 6.10 Å². The Kier molecular flexibility index (Phi) is 8.21. The van der Waals surface area contributed by atoms with Crippen molar-refractivity contribution in [3.05, 3.63) is 64.5 Å². The van der Waals surface area contributed by atoms with Crippen LogP contribution in [0.15, 0.2) is 42.0 Å². The van der Waals surface area contributed by atoms with E-state index < -0.39 is 12.1 Å². The van der Waals surface area contributed by atoms with Gasteiger partial charge in [-0.05, 0) is 50.0 Å². The van der Waals surface area contributed by atoms with Crippen molar-refractivity contribution in [1.82, 2.24) is 9.47 Å². The highest BCUT2D eigenvalue weighted by Crippen LogP contribution is 2.20. The number of carbonyl (C=O) groups excluding carboxylic acids is 2. The van der Waals surface area contributed by atoms with E-state index in [0.29, 0.717) is 12.5 Å². The Morgan fingerprint density at radius 2 is 1.84 bits per heavy atom. The van der Waals surface area contributed by atoms with Crippen molar-refractivity contribution in [3.8, 4) is 6.07 Å². The second-order valence-corrected chi connectivity index (χ2v) is 8.23. The van der Waals surface area contributed by atoms with Gasteiger partial charge in [-0.2, -0.15) is 5.26 Å². The van der Waals surface area contributed by atoms with Crippen LogP contribution in [-0.4, -0.2) is 34.5 Å². The monoisotopic (exact) mass is 421 g/mol. The normalized spacial score (nSPS) is 12.4. The number of hydrogen-bond acceptors (Lipinski definition) is 4. The summed E-state index contributed by atoms with van der Waals surface area (Å²) in [5, 5.41) is 9.50. The summed E-state index contributed by atoms with van der Waals surface area (Å²) in [6.07, 6.45) is 0.540. The number of likely N-dealkylation sites (N-methyl/N-ethyl adjacent to an activating group) is 1. The summed E-state index contributed by atoms with van der Waals surface area (Å²) in [5.41, 5.74) is 3.70. The second kappa shape index (κ2) is 10.6. The predicted molar refractivity (Wildman–Crippen MR) is 121 cm³/mol. The fourth-order valence-corrected chi connectivity index (χ4v) is 3.43. The van der Waals surface area contributed by atoms with Crippen LogP contribution < -0.4 is 0 Å². The largest absolute Gasteiger partial charge is 0.448 e. The molecule has 0 N–H and O–H groups in total. The summed E-state index contributed by atoms with van der Waals surface area (Å²) < 4.78 is 7.48. The van der Waals surface area contributed by atoms with Crippen molar-refractivity contribution in [2.45, 2.75) is 53.8 Å². The maximum absolute atomic E-state index is 12.6. The molecule has 1 atom stereocenters. The number of esters is 1. The molecule has 0 saturated carbocycles. The highest BCUT2D eigenvalue weighted by atomic mass is 16.5. The lowest BCUT2D eigenvalue weighted by Crippen LogP contribution is -2.37. The lowest BCUT2D eigenvalue weighted by atomic mass is 10.1. The Bertz CT molecular complexity index is 997. The summed E-state index contributed by atoms with van der Waals surface area (Å²) in [5.74, 6) is -0.656. The molecule has 0 aliphatic heterocycles. The van der Waals surface area contributed by atoms with Crippen LogP contribution in [0.2, 0.25) is 0 Å². The fraction of sp³-hybridized carbons (Fsp3) is 0.400. The van der Waals surface area contributed by atoms with Crippen molar-refractivity contribution < 1.29 is 14.3 Å². The van der Waals surface area contributed by atoms with Gasteiger partial charge in [0.05, 0.1) is 0 Å². The smallest absolute Gasteiger partial charge is 0.349 e. The van der Waals surface area contributed by atoms with Gasteiger partial charge in [0.2, 0.25) is 0 Å². The highest BCUT2D eigenvalue weighted by Gasteiger charge is 2.24. The van der Waals surface area contributed by atoms with Gasteiger partial charge in [-0.3, -0.25) is 4.79 Å². The maximum Gasteiger partial charge on any atom is 0.349 e. The first-order chi connectivity index (χ1) is 14.6. The van der Waals surface area contributed by atoms with E-state index >= 15 is 0 Å². The molecule has 0 spiro atoms. The van der Waals surface area contributed by atoms with E-state index in [4.69, 9.17) is 4.74 Å². The van der Waals surface area contributed by atoms with Gasteiger partial charge < -0.3 is 14.2 Å². The highest BCUT2D eigenvalue weighted by molar-refractivity contribution is 5.99. The SMILES string of the molecule is Cc1cc(/C=C(\C#N)C(=O)OC(C)C(=O)N(C)Cc2ccccc2)c(C)n1CC(C)C. The first kappa shape index (κ1) is 23.9. The van der Waals surface area contributed by atoms with Gasteiger partial charge in [-0.1, -0.05) is 44.2 Å². The van der Waals surface area contributed by atoms with E-state index in [1.54, 1.807) is 7.05 Å². The minimum Gasteiger partial charge on any atom is -0.448 e. The standard InChI is InChI=1S/C25H31N3O3/c1-17(2)15-28-18(3)12-22(19(28)4)13-23(14-26)25(30)31-20(5)24(29)27(6)16-21-10-8-7-9-11-21/h7-13,17,20H,15-16H2,1-6H3/b23-13+. The molecule has 1 aromatic heterocycles. The first-order valence-electron chi connectivity index (χ1n) is 10.4. The minimum absolute atomic E-state index is 0.129. The summed E-state index contributed by atoms with van der Waals surface area (Å²) in [6.45, 7) is 11.0. The average Bonchev–Trinajstić information content (AvgIpc) is 2.98. The molecule has 1 aromatic carbocycles. The molecule has 31 heavy (non-hydrogen) atoms. The number of nitriles is 1. The van der Waals surface area contributed by atoms with Gasteiger partial charge in [0.1, 0.15) is 11.6 Å². The lowest BCUT2D eigenvalue weighted by molar-refractivity contribution is -0.155. The van der Waals surface area contributed by atoms with E-state index in [0.717, 1.165) is 29.1 Å². The number of benzene rings is 1. The summed E-state index contributed by atoms with van der Waals surface area (Å²) in [4.78, 5) is 26.7. The van der Waals surface area contributed by atoms with Crippen molar-refractivity contribution in [2.75, 3.05) is 7.05 Å². The number of aryl methyl sites for hydroxylation is 1. The Hall–Kier alpha value is -3.33. The van der Waals surface area contributed by atoms with E-state index in [9.17, 15) is 14.9 Å². The fourth-order valence-electron chi connectivity index (χ4n) is 3.43. The molecule has 164 valence electrons. The Morgan fingerprint density at radius 3 is 2.42 bits per heavy atom. The summed E-state index contributed by atoms with van der Waals surface area (Å²) in [6, 6.07) is 13.4. The van der Waals surface area contributed by atoms with Crippen LogP contribution in [0.1, 0.15) is 43.3 Å². The van der Waals surface area contributed by atoms with Crippen LogP contribution >= 0.6 is 0 Å². The number of amides is 1. The zero-order chi connectivity index (χ0) is 23.1.